The second kappa shape index (κ2) is 4.84. The first-order chi connectivity index (χ1) is 7.69. The molecule has 0 spiro atoms. The summed E-state index contributed by atoms with van der Waals surface area (Å²) in [6.45, 7) is 0.682. The lowest BCUT2D eigenvalue weighted by molar-refractivity contribution is 0.0619. The first-order valence-electron chi connectivity index (χ1n) is 5.29. The third-order valence-electron chi connectivity index (χ3n) is 2.88. The van der Waals surface area contributed by atoms with Crippen molar-refractivity contribution in [2.45, 2.75) is 31.5 Å². The molecule has 0 aromatic heterocycles. The first kappa shape index (κ1) is 11.4. The van der Waals surface area contributed by atoms with E-state index < -0.39 is 0 Å². The molecule has 0 atom stereocenters. The maximum atomic E-state index is 9.14. The number of halogens is 1. The predicted molar refractivity (Wildman–Crippen MR) is 62.0 cm³/mol. The summed E-state index contributed by atoms with van der Waals surface area (Å²) >= 11 is 6.04. The van der Waals surface area contributed by atoms with Crippen molar-refractivity contribution in [3.05, 3.63) is 34.3 Å². The SMILES string of the molecule is N#Cc1ccc(CNC2CC(O)C2)c(Cl)c1. The van der Waals surface area contributed by atoms with E-state index in [9.17, 15) is 0 Å². The zero-order valence-corrected chi connectivity index (χ0v) is 9.54. The van der Waals surface area contributed by atoms with Gasteiger partial charge >= 0.3 is 0 Å². The molecule has 1 aliphatic rings. The van der Waals surface area contributed by atoms with Crippen LogP contribution in [0.3, 0.4) is 0 Å². The van der Waals surface area contributed by atoms with Crippen LogP contribution in [0, 0.1) is 11.3 Å². The van der Waals surface area contributed by atoms with Crippen molar-refractivity contribution in [2.75, 3.05) is 0 Å². The lowest BCUT2D eigenvalue weighted by atomic mass is 9.89. The Morgan fingerprint density at radius 2 is 2.25 bits per heavy atom. The average Bonchev–Trinajstić information content (AvgIpc) is 2.24. The highest BCUT2D eigenvalue weighted by molar-refractivity contribution is 6.31. The Labute approximate surface area is 99.7 Å². The third kappa shape index (κ3) is 2.53. The Kier molecular flexibility index (Phi) is 3.45. The highest BCUT2D eigenvalue weighted by atomic mass is 35.5. The molecule has 4 heteroatoms. The van der Waals surface area contributed by atoms with Gasteiger partial charge in [0.05, 0.1) is 17.7 Å². The van der Waals surface area contributed by atoms with Gasteiger partial charge in [-0.25, -0.2) is 0 Å². The van der Waals surface area contributed by atoms with Gasteiger partial charge in [-0.15, -0.1) is 0 Å². The number of aliphatic hydroxyl groups excluding tert-OH is 1. The Balaban J connectivity index is 1.92. The minimum Gasteiger partial charge on any atom is -0.393 e. The number of hydrogen-bond donors (Lipinski definition) is 2. The first-order valence-corrected chi connectivity index (χ1v) is 5.67. The maximum Gasteiger partial charge on any atom is 0.0992 e. The second-order valence-electron chi connectivity index (χ2n) is 4.12. The predicted octanol–water partition coefficient (Wildman–Crippen LogP) is 1.82. The molecule has 1 aliphatic carbocycles. The van der Waals surface area contributed by atoms with Crippen LogP contribution in [0.5, 0.6) is 0 Å². The molecule has 1 aromatic rings. The van der Waals surface area contributed by atoms with E-state index >= 15 is 0 Å². The summed E-state index contributed by atoms with van der Waals surface area (Å²) in [6.07, 6.45) is 1.48. The molecular formula is C12H13ClN2O. The lowest BCUT2D eigenvalue weighted by Gasteiger charge is -2.32. The minimum absolute atomic E-state index is 0.145. The summed E-state index contributed by atoms with van der Waals surface area (Å²) in [5.41, 5.74) is 1.56. The Morgan fingerprint density at radius 1 is 1.50 bits per heavy atom. The summed E-state index contributed by atoms with van der Waals surface area (Å²) in [4.78, 5) is 0. The van der Waals surface area contributed by atoms with E-state index in [1.54, 1.807) is 12.1 Å². The number of hydrogen-bond acceptors (Lipinski definition) is 3. The number of benzene rings is 1. The van der Waals surface area contributed by atoms with Gasteiger partial charge in [0.2, 0.25) is 0 Å². The summed E-state index contributed by atoms with van der Waals surface area (Å²) in [5, 5.41) is 21.8. The Bertz CT molecular complexity index is 422. The number of rotatable bonds is 3. The van der Waals surface area contributed by atoms with E-state index in [2.05, 4.69) is 11.4 Å². The van der Waals surface area contributed by atoms with Crippen molar-refractivity contribution < 1.29 is 5.11 Å². The topological polar surface area (TPSA) is 56.0 Å². The Hall–Kier alpha value is -1.08. The molecule has 3 nitrogen and oxygen atoms in total. The highest BCUT2D eigenvalue weighted by Crippen LogP contribution is 2.22. The highest BCUT2D eigenvalue weighted by Gasteiger charge is 2.26. The molecule has 1 saturated carbocycles. The molecule has 2 rings (SSSR count). The fourth-order valence-corrected chi connectivity index (χ4v) is 2.02. The van der Waals surface area contributed by atoms with E-state index in [0.717, 1.165) is 18.4 Å². The van der Waals surface area contributed by atoms with Gasteiger partial charge in [-0.1, -0.05) is 17.7 Å². The van der Waals surface area contributed by atoms with Gasteiger partial charge in [0.25, 0.3) is 0 Å². The summed E-state index contributed by atoms with van der Waals surface area (Å²) in [5.74, 6) is 0. The Morgan fingerprint density at radius 3 is 2.81 bits per heavy atom. The lowest BCUT2D eigenvalue weighted by Crippen LogP contribution is -2.43. The van der Waals surface area contributed by atoms with E-state index in [4.69, 9.17) is 22.0 Å². The fourth-order valence-electron chi connectivity index (χ4n) is 1.77. The van der Waals surface area contributed by atoms with E-state index in [0.29, 0.717) is 23.2 Å². The average molecular weight is 237 g/mol. The van der Waals surface area contributed by atoms with Crippen molar-refractivity contribution >= 4 is 11.6 Å². The molecule has 0 aliphatic heterocycles. The van der Waals surface area contributed by atoms with Crippen LogP contribution in [0.2, 0.25) is 5.02 Å². The molecule has 0 bridgehead atoms. The summed E-state index contributed by atoms with van der Waals surface area (Å²) < 4.78 is 0. The van der Waals surface area contributed by atoms with Gasteiger partial charge in [0.15, 0.2) is 0 Å². The quantitative estimate of drug-likeness (QED) is 0.842. The van der Waals surface area contributed by atoms with Gasteiger partial charge in [-0.3, -0.25) is 0 Å². The zero-order valence-electron chi connectivity index (χ0n) is 8.78. The molecule has 0 unspecified atom stereocenters. The van der Waals surface area contributed by atoms with Crippen LogP contribution in [0.4, 0.5) is 0 Å². The van der Waals surface area contributed by atoms with Gasteiger partial charge in [-0.2, -0.15) is 5.26 Å². The molecule has 0 saturated heterocycles. The second-order valence-corrected chi connectivity index (χ2v) is 4.53. The molecule has 2 N–H and O–H groups in total. The molecule has 0 heterocycles. The normalized spacial score (nSPS) is 23.6. The maximum absolute atomic E-state index is 9.14. The van der Waals surface area contributed by atoms with Crippen LogP contribution in [0.1, 0.15) is 24.0 Å². The van der Waals surface area contributed by atoms with Crippen molar-refractivity contribution in [3.63, 3.8) is 0 Å². The molecule has 0 radical (unpaired) electrons. The number of nitrogens with zero attached hydrogens (tertiary/aromatic N) is 1. The fraction of sp³-hybridized carbons (Fsp3) is 0.417. The summed E-state index contributed by atoms with van der Waals surface area (Å²) in [7, 11) is 0. The van der Waals surface area contributed by atoms with Gasteiger partial charge in [-0.05, 0) is 30.5 Å². The minimum atomic E-state index is -0.145. The van der Waals surface area contributed by atoms with Gasteiger partial charge in [0.1, 0.15) is 0 Å². The van der Waals surface area contributed by atoms with Gasteiger partial charge < -0.3 is 10.4 Å². The standard InChI is InChI=1S/C12H13ClN2O/c13-12-3-8(6-14)1-2-9(12)7-15-10-4-11(16)5-10/h1-3,10-11,15-16H,4-5,7H2. The number of nitriles is 1. The van der Waals surface area contributed by atoms with E-state index in [1.807, 2.05) is 6.07 Å². The molecule has 1 aromatic carbocycles. The molecular weight excluding hydrogens is 224 g/mol. The summed E-state index contributed by atoms with van der Waals surface area (Å²) in [6, 6.07) is 7.74. The largest absolute Gasteiger partial charge is 0.393 e. The van der Waals surface area contributed by atoms with Gasteiger partial charge in [0, 0.05) is 17.6 Å². The molecule has 1 fully saturated rings. The van der Waals surface area contributed by atoms with E-state index in [1.165, 1.54) is 0 Å². The molecule has 16 heavy (non-hydrogen) atoms. The van der Waals surface area contributed by atoms with Crippen LogP contribution in [0.25, 0.3) is 0 Å². The van der Waals surface area contributed by atoms with Crippen LogP contribution in [0.15, 0.2) is 18.2 Å². The zero-order chi connectivity index (χ0) is 11.5. The molecule has 0 amide bonds. The number of aliphatic hydroxyl groups is 1. The monoisotopic (exact) mass is 236 g/mol. The van der Waals surface area contributed by atoms with Crippen molar-refractivity contribution in [2.24, 2.45) is 0 Å². The van der Waals surface area contributed by atoms with Crippen molar-refractivity contribution in [1.82, 2.24) is 5.32 Å². The smallest absolute Gasteiger partial charge is 0.0992 e. The van der Waals surface area contributed by atoms with Crippen LogP contribution in [-0.2, 0) is 6.54 Å². The van der Waals surface area contributed by atoms with Crippen molar-refractivity contribution in [3.8, 4) is 6.07 Å². The van der Waals surface area contributed by atoms with Crippen LogP contribution in [-0.4, -0.2) is 17.3 Å². The third-order valence-corrected chi connectivity index (χ3v) is 3.23. The van der Waals surface area contributed by atoms with Crippen molar-refractivity contribution in [1.29, 1.82) is 5.26 Å². The van der Waals surface area contributed by atoms with E-state index in [-0.39, 0.29) is 6.10 Å². The molecule has 84 valence electrons. The van der Waals surface area contributed by atoms with Crippen LogP contribution < -0.4 is 5.32 Å². The number of nitrogens with one attached hydrogen (secondary N) is 1. The van der Waals surface area contributed by atoms with Crippen LogP contribution >= 0.6 is 11.6 Å².